The first-order valence-electron chi connectivity index (χ1n) is 21.3. The molecule has 0 unspecified atom stereocenters. The Balaban J connectivity index is 0.000000341. The van der Waals surface area contributed by atoms with Crippen LogP contribution >= 0.6 is 35.2 Å². The van der Waals surface area contributed by atoms with Gasteiger partial charge in [-0.3, -0.25) is 0 Å². The van der Waals surface area contributed by atoms with Crippen LogP contribution < -0.4 is 32.7 Å². The van der Waals surface area contributed by atoms with Crippen LogP contribution in [-0.2, 0) is 49.3 Å². The van der Waals surface area contributed by atoms with Crippen molar-refractivity contribution < 1.29 is 49.3 Å². The number of hydrogen-bond donors (Lipinski definition) is 2. The molecule has 8 rings (SSSR count). The van der Waals surface area contributed by atoms with E-state index in [1.807, 2.05) is 64.2 Å². The van der Waals surface area contributed by atoms with E-state index in [0.29, 0.717) is 0 Å². The van der Waals surface area contributed by atoms with Crippen LogP contribution in [0.15, 0.2) is 72.8 Å². The first kappa shape index (κ1) is 61.0. The Hall–Kier alpha value is -0.0977. The van der Waals surface area contributed by atoms with E-state index >= 15 is 0 Å². The second-order valence-corrected chi connectivity index (χ2v) is 23.3. The van der Waals surface area contributed by atoms with Crippen molar-refractivity contribution in [2.45, 2.75) is 81.3 Å². The minimum absolute atomic E-state index is 0. The van der Waals surface area contributed by atoms with E-state index in [2.05, 4.69) is 181 Å². The van der Waals surface area contributed by atoms with Crippen LogP contribution in [0.25, 0.3) is 0 Å². The average Bonchev–Trinajstić information content (AvgIpc) is 4.04. The van der Waals surface area contributed by atoms with Crippen LogP contribution in [0.1, 0.15) is 58.4 Å². The predicted octanol–water partition coefficient (Wildman–Crippen LogP) is 12.3. The third kappa shape index (κ3) is 20.3. The average molecular weight is 1110 g/mol. The van der Waals surface area contributed by atoms with E-state index in [1.54, 1.807) is 0 Å². The fraction of sp³-hybridized carbons (Fsp3) is 0.214. The Bertz CT molecular complexity index is 1630. The van der Waals surface area contributed by atoms with Crippen molar-refractivity contribution >= 4 is 56.4 Å². The van der Waals surface area contributed by atoms with Gasteiger partial charge in [-0.1, -0.05) is 117 Å². The number of hydrogen-bond acceptors (Lipinski definition) is 2. The zero-order chi connectivity index (χ0) is 46.1. The van der Waals surface area contributed by atoms with E-state index < -0.39 is 15.8 Å². The molecule has 20 radical (unpaired) electrons. The van der Waals surface area contributed by atoms with Crippen LogP contribution in [0.2, 0.25) is 0 Å². The first-order chi connectivity index (χ1) is 30.1. The van der Waals surface area contributed by atoms with Crippen LogP contribution in [0, 0.1) is 181 Å². The molecule has 342 valence electrons. The van der Waals surface area contributed by atoms with Crippen molar-refractivity contribution in [2.24, 2.45) is 11.5 Å². The van der Waals surface area contributed by atoms with Gasteiger partial charge in [0.1, 0.15) is 0 Å². The maximum Gasteiger partial charge on any atom is 2.00 e. The molecule has 4 aliphatic rings. The maximum atomic E-state index is 6.28. The van der Waals surface area contributed by atoms with Gasteiger partial charge in [-0.25, -0.2) is 0 Å². The molecule has 2 atom stereocenters. The van der Waals surface area contributed by atoms with E-state index in [9.17, 15) is 0 Å². The van der Waals surface area contributed by atoms with E-state index in [-0.39, 0.29) is 61.4 Å². The summed E-state index contributed by atoms with van der Waals surface area (Å²) in [5.41, 5.74) is 25.9. The van der Waals surface area contributed by atoms with Gasteiger partial charge in [0.25, 0.3) is 0 Å². The summed E-state index contributed by atoms with van der Waals surface area (Å²) in [7, 11) is 8.49. The molecule has 0 aliphatic heterocycles. The zero-order valence-corrected chi connectivity index (χ0v) is 46.4. The molecule has 0 heterocycles. The Morgan fingerprint density at radius 3 is 0.708 bits per heavy atom. The summed E-state index contributed by atoms with van der Waals surface area (Å²) in [6.07, 6.45) is 33.2. The summed E-state index contributed by atoms with van der Waals surface area (Å²) in [5, 5.41) is 5.63. The molecule has 4 aromatic rings. The summed E-state index contributed by atoms with van der Waals surface area (Å²) in [4.78, 5) is 0. The minimum Gasteiger partial charge on any atom is 2.00 e. The molecule has 9 heteroatoms. The second-order valence-electron chi connectivity index (χ2n) is 16.3. The van der Waals surface area contributed by atoms with Crippen molar-refractivity contribution in [2.75, 3.05) is 0 Å². The Kier molecular flexibility index (Phi) is 30.0. The Morgan fingerprint density at radius 2 is 0.538 bits per heavy atom. The number of halogens is 2. The SMILES string of the molecule is Cc1cc(C)cc(P([C]2[CH][CH][CH][C]2[C@@H](C)N)c2cc(C)cc(C)c2)c1.Cc1cc(C)cc(P([C]2[CH][CH][CH][C]2[C@@H](C)N)c2cc(C)cc(C)c2)c1.[CH]1[CH][CH][CH][CH]1.[CH]1[CH][CH][CH][CH]1.[Cl][Ru][Cl].[Fe+2].[Fe+2]. The first-order valence-corrected chi connectivity index (χ1v) is 28.4. The van der Waals surface area contributed by atoms with Crippen molar-refractivity contribution in [3.63, 3.8) is 0 Å². The normalized spacial score (nSPS) is 17.4. The Morgan fingerprint density at radius 1 is 0.354 bits per heavy atom. The van der Waals surface area contributed by atoms with Gasteiger partial charge in [0.05, 0.1) is 0 Å². The fourth-order valence-corrected chi connectivity index (χ4v) is 13.8. The largest absolute Gasteiger partial charge is 2.00 e. The van der Waals surface area contributed by atoms with Gasteiger partial charge < -0.3 is 11.5 Å². The van der Waals surface area contributed by atoms with Gasteiger partial charge in [-0.05, 0) is 209 Å². The van der Waals surface area contributed by atoms with Gasteiger partial charge in [-0.15, -0.1) is 0 Å². The molecule has 4 saturated carbocycles. The summed E-state index contributed by atoms with van der Waals surface area (Å²) < 4.78 is 0. The van der Waals surface area contributed by atoms with Crippen molar-refractivity contribution in [1.29, 1.82) is 0 Å². The number of nitrogens with two attached hydrogens (primary N) is 2. The molecular formula is C56H64Cl2Fe2N2P2Ru+4. The molecule has 0 amide bonds. The van der Waals surface area contributed by atoms with Gasteiger partial charge in [0.15, 0.2) is 0 Å². The molecule has 4 aromatic carbocycles. The monoisotopic (exact) mass is 1110 g/mol. The van der Waals surface area contributed by atoms with Gasteiger partial charge in [0, 0.05) is 35.2 Å². The van der Waals surface area contributed by atoms with Gasteiger partial charge >= 0.3 is 68.7 Å². The van der Waals surface area contributed by atoms with Crippen molar-refractivity contribution in [1.82, 2.24) is 0 Å². The fourth-order valence-electron chi connectivity index (χ4n) is 7.84. The smallest absolute Gasteiger partial charge is 2.00 e. The molecule has 0 saturated heterocycles. The topological polar surface area (TPSA) is 52.0 Å². The number of rotatable bonds is 8. The third-order valence-corrected chi connectivity index (χ3v) is 15.0. The number of aryl methyl sites for hydroxylation is 8. The quantitative estimate of drug-likeness (QED) is 0.136. The van der Waals surface area contributed by atoms with Crippen molar-refractivity contribution in [3.05, 3.63) is 243 Å². The third-order valence-electron chi connectivity index (χ3n) is 10.1. The molecule has 4 N–H and O–H groups in total. The maximum absolute atomic E-state index is 6.28. The molecule has 4 fully saturated rings. The van der Waals surface area contributed by atoms with Crippen molar-refractivity contribution in [3.8, 4) is 0 Å². The molecular weight excluding hydrogens is 1050 g/mol. The van der Waals surface area contributed by atoms with E-state index in [0.717, 1.165) is 0 Å². The summed E-state index contributed by atoms with van der Waals surface area (Å²) in [6.45, 7) is 21.6. The molecule has 0 bridgehead atoms. The second kappa shape index (κ2) is 32.0. The van der Waals surface area contributed by atoms with Gasteiger partial charge in [-0.2, -0.15) is 0 Å². The standard InChI is InChI=1S/2C23H27NP.2C5H5.2ClH.2Fe.Ru/c2*1-15-9-16(2)12-20(11-15)25(21-13-17(3)10-18(4)14-21)23-8-6-7-22(23)19(5)24;2*1-2-4-5-3-1;;;;;/h2*6-14,19H,24H2,1-5H3;2*1-5H;2*1H;;;/q;;;;;;3*+2/p-2/t2*19-;;;;;;;/m11......./s1. The van der Waals surface area contributed by atoms with Crippen LogP contribution in [0.4, 0.5) is 0 Å². The van der Waals surface area contributed by atoms with Crippen LogP contribution in [0.5, 0.6) is 0 Å². The van der Waals surface area contributed by atoms with E-state index in [1.165, 1.54) is 88.9 Å². The predicted molar refractivity (Wildman–Crippen MR) is 277 cm³/mol. The molecule has 0 spiro atoms. The molecule has 0 aromatic heterocycles. The minimum atomic E-state index is -0.607. The summed E-state index contributed by atoms with van der Waals surface area (Å²) in [5.74, 6) is 2.54. The van der Waals surface area contributed by atoms with Gasteiger partial charge in [0.2, 0.25) is 0 Å². The van der Waals surface area contributed by atoms with Crippen LogP contribution in [-0.4, -0.2) is 12.1 Å². The van der Waals surface area contributed by atoms with Crippen LogP contribution in [0.3, 0.4) is 0 Å². The zero-order valence-electron chi connectivity index (χ0n) is 39.2. The number of benzene rings is 4. The summed E-state index contributed by atoms with van der Waals surface area (Å²) >= 11 is -0.346. The van der Waals surface area contributed by atoms with E-state index in [4.69, 9.17) is 30.8 Å². The molecule has 2 nitrogen and oxygen atoms in total. The Labute approximate surface area is 438 Å². The summed E-state index contributed by atoms with van der Waals surface area (Å²) in [6, 6.07) is 27.8. The molecule has 65 heavy (non-hydrogen) atoms. The molecule has 4 aliphatic carbocycles.